The van der Waals surface area contributed by atoms with Crippen molar-refractivity contribution in [3.63, 3.8) is 0 Å². The predicted molar refractivity (Wildman–Crippen MR) is 65.6 cm³/mol. The van der Waals surface area contributed by atoms with E-state index < -0.39 is 5.82 Å². The van der Waals surface area contributed by atoms with Gasteiger partial charge in [0, 0.05) is 17.3 Å². The average Bonchev–Trinajstić information content (AvgIpc) is 3.06. The molecule has 0 bridgehead atoms. The molecular weight excluding hydrogens is 243 g/mol. The molecule has 1 aromatic carbocycles. The standard InChI is InChI=1S/C12H14ClFN2O/c13-9-3-10(14)5-11(4-9)15-7-12(17)16-6-8-1-2-8/h3-5,8,15H,1-2,6-7H2,(H,16,17). The van der Waals surface area contributed by atoms with E-state index in [1.165, 1.54) is 25.0 Å². The summed E-state index contributed by atoms with van der Waals surface area (Å²) < 4.78 is 13.0. The van der Waals surface area contributed by atoms with Gasteiger partial charge in [0.15, 0.2) is 0 Å². The fourth-order valence-electron chi connectivity index (χ4n) is 1.48. The fraction of sp³-hybridized carbons (Fsp3) is 0.417. The molecule has 1 amide bonds. The number of amides is 1. The molecule has 1 aromatic rings. The summed E-state index contributed by atoms with van der Waals surface area (Å²) in [5, 5.41) is 5.96. The Bertz CT molecular complexity index is 401. The van der Waals surface area contributed by atoms with Crippen molar-refractivity contribution in [3.05, 3.63) is 29.0 Å². The molecule has 5 heteroatoms. The second kappa shape index (κ2) is 5.36. The smallest absolute Gasteiger partial charge is 0.239 e. The third-order valence-corrected chi connectivity index (χ3v) is 2.82. The van der Waals surface area contributed by atoms with Crippen molar-refractivity contribution in [3.8, 4) is 0 Å². The van der Waals surface area contributed by atoms with Crippen LogP contribution < -0.4 is 10.6 Å². The monoisotopic (exact) mass is 256 g/mol. The summed E-state index contributed by atoms with van der Waals surface area (Å²) in [4.78, 5) is 11.4. The molecule has 3 nitrogen and oxygen atoms in total. The third kappa shape index (κ3) is 4.23. The molecule has 92 valence electrons. The lowest BCUT2D eigenvalue weighted by atomic mass is 10.3. The molecule has 0 aromatic heterocycles. The number of carbonyl (C=O) groups excluding carboxylic acids is 1. The van der Waals surface area contributed by atoms with Crippen molar-refractivity contribution in [2.45, 2.75) is 12.8 Å². The van der Waals surface area contributed by atoms with Crippen LogP contribution in [0.1, 0.15) is 12.8 Å². The van der Waals surface area contributed by atoms with Gasteiger partial charge in [-0.2, -0.15) is 0 Å². The van der Waals surface area contributed by atoms with Crippen LogP contribution in [0.25, 0.3) is 0 Å². The number of carbonyl (C=O) groups is 1. The van der Waals surface area contributed by atoms with Crippen molar-refractivity contribution < 1.29 is 9.18 Å². The van der Waals surface area contributed by atoms with E-state index in [2.05, 4.69) is 10.6 Å². The van der Waals surface area contributed by atoms with E-state index in [-0.39, 0.29) is 12.5 Å². The Labute approximate surface area is 104 Å². The molecule has 1 aliphatic carbocycles. The Kier molecular flexibility index (Phi) is 3.84. The van der Waals surface area contributed by atoms with Gasteiger partial charge >= 0.3 is 0 Å². The molecule has 0 radical (unpaired) electrons. The number of anilines is 1. The highest BCUT2D eigenvalue weighted by molar-refractivity contribution is 6.30. The van der Waals surface area contributed by atoms with Crippen molar-refractivity contribution in [2.24, 2.45) is 5.92 Å². The van der Waals surface area contributed by atoms with Crippen LogP contribution in [0.2, 0.25) is 5.02 Å². The van der Waals surface area contributed by atoms with Crippen molar-refractivity contribution in [2.75, 3.05) is 18.4 Å². The topological polar surface area (TPSA) is 41.1 Å². The fourth-order valence-corrected chi connectivity index (χ4v) is 1.70. The molecule has 2 N–H and O–H groups in total. The first kappa shape index (κ1) is 12.2. The van der Waals surface area contributed by atoms with Gasteiger partial charge in [0.25, 0.3) is 0 Å². The normalized spacial score (nSPS) is 14.5. The van der Waals surface area contributed by atoms with Crippen LogP contribution in [0.5, 0.6) is 0 Å². The van der Waals surface area contributed by atoms with E-state index >= 15 is 0 Å². The van der Waals surface area contributed by atoms with Crippen LogP contribution in [0.15, 0.2) is 18.2 Å². The summed E-state index contributed by atoms with van der Waals surface area (Å²) in [6.07, 6.45) is 2.40. The first-order chi connectivity index (χ1) is 8.13. The number of hydrogen-bond acceptors (Lipinski definition) is 2. The zero-order valence-corrected chi connectivity index (χ0v) is 10.1. The van der Waals surface area contributed by atoms with E-state index in [0.29, 0.717) is 16.6 Å². The summed E-state index contributed by atoms with van der Waals surface area (Å²) in [7, 11) is 0. The van der Waals surface area contributed by atoms with Crippen LogP contribution in [0.3, 0.4) is 0 Å². The Morgan fingerprint density at radius 1 is 1.41 bits per heavy atom. The molecule has 0 heterocycles. The number of nitrogens with one attached hydrogen (secondary N) is 2. The minimum Gasteiger partial charge on any atom is -0.376 e. The quantitative estimate of drug-likeness (QED) is 0.850. The molecule has 1 fully saturated rings. The van der Waals surface area contributed by atoms with E-state index in [1.807, 2.05) is 0 Å². The summed E-state index contributed by atoms with van der Waals surface area (Å²) in [6, 6.07) is 4.11. The maximum atomic E-state index is 13.0. The summed E-state index contributed by atoms with van der Waals surface area (Å²) in [5.41, 5.74) is 0.511. The average molecular weight is 257 g/mol. The van der Waals surface area contributed by atoms with E-state index in [0.717, 1.165) is 6.54 Å². The molecular formula is C12H14ClFN2O. The number of hydrogen-bond donors (Lipinski definition) is 2. The van der Waals surface area contributed by atoms with Crippen LogP contribution in [-0.2, 0) is 4.79 Å². The second-order valence-electron chi connectivity index (χ2n) is 4.26. The lowest BCUT2D eigenvalue weighted by Crippen LogP contribution is -2.31. The Hall–Kier alpha value is -1.29. The highest BCUT2D eigenvalue weighted by Gasteiger charge is 2.21. The maximum Gasteiger partial charge on any atom is 0.239 e. The molecule has 0 spiro atoms. The van der Waals surface area contributed by atoms with Crippen LogP contribution in [0, 0.1) is 11.7 Å². The van der Waals surface area contributed by atoms with Gasteiger partial charge in [0.1, 0.15) is 5.82 Å². The Balaban J connectivity index is 1.77. The lowest BCUT2D eigenvalue weighted by Gasteiger charge is -2.07. The zero-order valence-electron chi connectivity index (χ0n) is 9.30. The van der Waals surface area contributed by atoms with Crippen molar-refractivity contribution in [1.29, 1.82) is 0 Å². The SMILES string of the molecule is O=C(CNc1cc(F)cc(Cl)c1)NCC1CC1. The molecule has 0 saturated heterocycles. The van der Waals surface area contributed by atoms with Gasteiger partial charge in [0.2, 0.25) is 5.91 Å². The highest BCUT2D eigenvalue weighted by Crippen LogP contribution is 2.27. The molecule has 0 atom stereocenters. The Morgan fingerprint density at radius 2 is 2.18 bits per heavy atom. The van der Waals surface area contributed by atoms with Gasteiger partial charge in [-0.05, 0) is 37.0 Å². The van der Waals surface area contributed by atoms with Crippen LogP contribution in [-0.4, -0.2) is 19.0 Å². The zero-order chi connectivity index (χ0) is 12.3. The van der Waals surface area contributed by atoms with Gasteiger partial charge in [-0.1, -0.05) is 11.6 Å². The first-order valence-electron chi connectivity index (χ1n) is 5.60. The van der Waals surface area contributed by atoms with E-state index in [4.69, 9.17) is 11.6 Å². The van der Waals surface area contributed by atoms with Crippen LogP contribution in [0.4, 0.5) is 10.1 Å². The summed E-state index contributed by atoms with van der Waals surface area (Å²) >= 11 is 5.70. The highest BCUT2D eigenvalue weighted by atomic mass is 35.5. The molecule has 17 heavy (non-hydrogen) atoms. The molecule has 1 saturated carbocycles. The van der Waals surface area contributed by atoms with E-state index in [9.17, 15) is 9.18 Å². The van der Waals surface area contributed by atoms with Gasteiger partial charge in [-0.25, -0.2) is 4.39 Å². The minimum absolute atomic E-state index is 0.0858. The third-order valence-electron chi connectivity index (χ3n) is 2.60. The number of rotatable bonds is 5. The van der Waals surface area contributed by atoms with Gasteiger partial charge in [0.05, 0.1) is 6.54 Å². The van der Waals surface area contributed by atoms with Gasteiger partial charge in [-0.15, -0.1) is 0 Å². The summed E-state index contributed by atoms with van der Waals surface area (Å²) in [6.45, 7) is 0.872. The van der Waals surface area contributed by atoms with E-state index in [1.54, 1.807) is 6.07 Å². The largest absolute Gasteiger partial charge is 0.376 e. The number of halogens is 2. The Morgan fingerprint density at radius 3 is 2.82 bits per heavy atom. The minimum atomic E-state index is -0.418. The first-order valence-corrected chi connectivity index (χ1v) is 5.98. The van der Waals surface area contributed by atoms with Gasteiger partial charge in [-0.3, -0.25) is 4.79 Å². The maximum absolute atomic E-state index is 13.0. The molecule has 0 aliphatic heterocycles. The van der Waals surface area contributed by atoms with Crippen LogP contribution >= 0.6 is 11.6 Å². The predicted octanol–water partition coefficient (Wildman–Crippen LogP) is 2.42. The molecule has 0 unspecified atom stereocenters. The summed E-state index contributed by atoms with van der Waals surface area (Å²) in [5.74, 6) is 0.151. The van der Waals surface area contributed by atoms with Crippen molar-refractivity contribution >= 4 is 23.2 Å². The molecule has 2 rings (SSSR count). The lowest BCUT2D eigenvalue weighted by molar-refractivity contribution is -0.119. The number of benzene rings is 1. The van der Waals surface area contributed by atoms with Gasteiger partial charge < -0.3 is 10.6 Å². The molecule has 1 aliphatic rings. The second-order valence-corrected chi connectivity index (χ2v) is 4.70. The van der Waals surface area contributed by atoms with Crippen molar-refractivity contribution in [1.82, 2.24) is 5.32 Å².